The van der Waals surface area contributed by atoms with Crippen LogP contribution in [0.2, 0.25) is 0 Å². The summed E-state index contributed by atoms with van der Waals surface area (Å²) in [6.07, 6.45) is 1.78. The van der Waals surface area contributed by atoms with Crippen molar-refractivity contribution < 1.29 is 35.5 Å². The average Bonchev–Trinajstić information content (AvgIpc) is 2.77. The summed E-state index contributed by atoms with van der Waals surface area (Å²) in [5, 5.41) is 0. The van der Waals surface area contributed by atoms with E-state index in [1.165, 1.54) is 0 Å². The van der Waals surface area contributed by atoms with Crippen molar-refractivity contribution in [3.05, 3.63) is 94.3 Å². The van der Waals surface area contributed by atoms with Crippen LogP contribution < -0.4 is 0 Å². The second kappa shape index (κ2) is 8.82. The van der Waals surface area contributed by atoms with Gasteiger partial charge in [-0.2, -0.15) is 8.78 Å². The predicted molar refractivity (Wildman–Crippen MR) is 108 cm³/mol. The molecule has 0 spiro atoms. The summed E-state index contributed by atoms with van der Waals surface area (Å²) in [6.45, 7) is 2.74. The van der Waals surface area contributed by atoms with Gasteiger partial charge in [-0.1, -0.05) is 31.2 Å². The largest absolute Gasteiger partial charge is 0.373 e. The first-order valence-electron chi connectivity index (χ1n) is 10.3. The Kier molecular flexibility index (Phi) is 6.22. The maximum absolute atomic E-state index is 14.8. The predicted octanol–water partition coefficient (Wildman–Crippen LogP) is 7.68. The van der Waals surface area contributed by atoms with E-state index in [1.54, 1.807) is 24.3 Å². The molecular formula is C25H19F7O. The van der Waals surface area contributed by atoms with Crippen molar-refractivity contribution >= 4 is 0 Å². The molecule has 0 N–H and O–H groups in total. The standard InChI is InChI=1S/C25H19F7O/c1-13-2-7-22(33-12-13)15-5-3-14(4-6-15)16-8-18(26)23(19(27)9-16)25(31,32)17-10-20(28)24(30)21(29)11-17/h3-6,8-11,13,22H,2,7,12H2,1H3. The molecule has 2 unspecified atom stereocenters. The molecule has 1 nitrogen and oxygen atoms in total. The van der Waals surface area contributed by atoms with E-state index in [-0.39, 0.29) is 23.8 Å². The Morgan fingerprint density at radius 2 is 1.33 bits per heavy atom. The van der Waals surface area contributed by atoms with E-state index >= 15 is 0 Å². The van der Waals surface area contributed by atoms with E-state index in [0.717, 1.165) is 30.5 Å². The van der Waals surface area contributed by atoms with Crippen LogP contribution in [-0.4, -0.2) is 6.61 Å². The minimum absolute atomic E-state index is 0.00533. The van der Waals surface area contributed by atoms with Gasteiger partial charge in [0.2, 0.25) is 0 Å². The maximum Gasteiger partial charge on any atom is 0.304 e. The van der Waals surface area contributed by atoms with E-state index < -0.39 is 46.1 Å². The van der Waals surface area contributed by atoms with E-state index in [0.29, 0.717) is 18.1 Å². The normalized spacial score (nSPS) is 19.0. The Morgan fingerprint density at radius 3 is 1.85 bits per heavy atom. The molecule has 1 aliphatic heterocycles. The van der Waals surface area contributed by atoms with Gasteiger partial charge in [-0.3, -0.25) is 0 Å². The lowest BCUT2D eigenvalue weighted by molar-refractivity contribution is -0.0123. The SMILES string of the molecule is CC1CCC(c2ccc(-c3cc(F)c(C(F)(F)c4cc(F)c(F)c(F)c4)c(F)c3)cc2)OC1. The molecule has 1 aliphatic rings. The van der Waals surface area contributed by atoms with E-state index in [4.69, 9.17) is 4.74 Å². The summed E-state index contributed by atoms with van der Waals surface area (Å²) in [5.74, 6) is -12.9. The van der Waals surface area contributed by atoms with Crippen LogP contribution in [0, 0.1) is 35.0 Å². The van der Waals surface area contributed by atoms with Crippen LogP contribution in [-0.2, 0) is 10.7 Å². The first kappa shape index (κ1) is 23.3. The van der Waals surface area contributed by atoms with Gasteiger partial charge in [0.1, 0.15) is 11.6 Å². The van der Waals surface area contributed by atoms with Crippen molar-refractivity contribution in [3.8, 4) is 11.1 Å². The monoisotopic (exact) mass is 468 g/mol. The zero-order valence-corrected chi connectivity index (χ0v) is 17.4. The molecule has 1 fully saturated rings. The van der Waals surface area contributed by atoms with Crippen molar-refractivity contribution in [1.82, 2.24) is 0 Å². The first-order chi connectivity index (χ1) is 15.6. The Labute approximate surface area is 185 Å². The summed E-state index contributed by atoms with van der Waals surface area (Å²) < 4.78 is 105. The topological polar surface area (TPSA) is 9.23 Å². The van der Waals surface area contributed by atoms with Gasteiger partial charge in [-0.05, 0) is 59.7 Å². The van der Waals surface area contributed by atoms with Crippen molar-refractivity contribution in [2.24, 2.45) is 5.92 Å². The highest BCUT2D eigenvalue weighted by Crippen LogP contribution is 2.41. The van der Waals surface area contributed by atoms with Gasteiger partial charge in [-0.15, -0.1) is 0 Å². The van der Waals surface area contributed by atoms with Crippen LogP contribution in [0.4, 0.5) is 30.7 Å². The van der Waals surface area contributed by atoms with Gasteiger partial charge in [0.25, 0.3) is 0 Å². The molecule has 0 aromatic heterocycles. The van der Waals surface area contributed by atoms with Crippen molar-refractivity contribution in [2.45, 2.75) is 31.8 Å². The molecular weight excluding hydrogens is 449 g/mol. The number of hydrogen-bond acceptors (Lipinski definition) is 1. The summed E-state index contributed by atoms with van der Waals surface area (Å²) in [6, 6.07) is 8.17. The number of alkyl halides is 2. The molecule has 0 radical (unpaired) electrons. The number of halogens is 7. The van der Waals surface area contributed by atoms with Crippen molar-refractivity contribution in [3.63, 3.8) is 0 Å². The highest BCUT2D eigenvalue weighted by atomic mass is 19.3. The van der Waals surface area contributed by atoms with Gasteiger partial charge in [0.05, 0.1) is 11.7 Å². The minimum atomic E-state index is -4.44. The summed E-state index contributed by atoms with van der Waals surface area (Å²) in [5.41, 5.74) is -1.80. The summed E-state index contributed by atoms with van der Waals surface area (Å²) in [4.78, 5) is 0. The third-order valence-electron chi connectivity index (χ3n) is 5.82. The zero-order chi connectivity index (χ0) is 23.9. The zero-order valence-electron chi connectivity index (χ0n) is 17.4. The molecule has 1 saturated heterocycles. The molecule has 3 aromatic carbocycles. The second-order valence-electron chi connectivity index (χ2n) is 8.27. The smallest absolute Gasteiger partial charge is 0.304 e. The van der Waals surface area contributed by atoms with Crippen molar-refractivity contribution in [1.29, 1.82) is 0 Å². The summed E-state index contributed by atoms with van der Waals surface area (Å²) in [7, 11) is 0. The molecule has 0 bridgehead atoms. The highest BCUT2D eigenvalue weighted by molar-refractivity contribution is 5.65. The molecule has 0 aliphatic carbocycles. The van der Waals surface area contributed by atoms with E-state index in [1.807, 2.05) is 0 Å². The van der Waals surface area contributed by atoms with Gasteiger partial charge in [0.15, 0.2) is 17.5 Å². The summed E-state index contributed by atoms with van der Waals surface area (Å²) >= 11 is 0. The Morgan fingerprint density at radius 1 is 0.758 bits per heavy atom. The lowest BCUT2D eigenvalue weighted by Gasteiger charge is -2.27. The molecule has 8 heteroatoms. The molecule has 33 heavy (non-hydrogen) atoms. The van der Waals surface area contributed by atoms with Crippen LogP contribution in [0.1, 0.15) is 42.6 Å². The highest BCUT2D eigenvalue weighted by Gasteiger charge is 2.41. The maximum atomic E-state index is 14.8. The second-order valence-corrected chi connectivity index (χ2v) is 8.27. The van der Waals surface area contributed by atoms with Crippen LogP contribution >= 0.6 is 0 Å². The van der Waals surface area contributed by atoms with Crippen LogP contribution in [0.3, 0.4) is 0 Å². The molecule has 3 aromatic rings. The van der Waals surface area contributed by atoms with Gasteiger partial charge < -0.3 is 4.74 Å². The third kappa shape index (κ3) is 4.49. The average molecular weight is 468 g/mol. The van der Waals surface area contributed by atoms with Crippen LogP contribution in [0.25, 0.3) is 11.1 Å². The van der Waals surface area contributed by atoms with Crippen LogP contribution in [0.5, 0.6) is 0 Å². The van der Waals surface area contributed by atoms with E-state index in [2.05, 4.69) is 6.92 Å². The fourth-order valence-corrected chi connectivity index (χ4v) is 3.96. The Hall–Kier alpha value is -2.87. The van der Waals surface area contributed by atoms with Crippen molar-refractivity contribution in [2.75, 3.05) is 6.61 Å². The van der Waals surface area contributed by atoms with Gasteiger partial charge in [0, 0.05) is 12.2 Å². The lowest BCUT2D eigenvalue weighted by atomic mass is 9.93. The third-order valence-corrected chi connectivity index (χ3v) is 5.82. The number of hydrogen-bond donors (Lipinski definition) is 0. The quantitative estimate of drug-likeness (QED) is 0.282. The van der Waals surface area contributed by atoms with Gasteiger partial charge in [-0.25, -0.2) is 22.0 Å². The number of ether oxygens (including phenoxy) is 1. The van der Waals surface area contributed by atoms with E-state index in [9.17, 15) is 30.7 Å². The first-order valence-corrected chi connectivity index (χ1v) is 10.3. The minimum Gasteiger partial charge on any atom is -0.373 e. The molecule has 0 saturated carbocycles. The van der Waals surface area contributed by atoms with Crippen LogP contribution in [0.15, 0.2) is 48.5 Å². The molecule has 2 atom stereocenters. The molecule has 4 rings (SSSR count). The molecule has 174 valence electrons. The fourth-order valence-electron chi connectivity index (χ4n) is 3.96. The number of rotatable bonds is 4. The van der Waals surface area contributed by atoms with Gasteiger partial charge >= 0.3 is 5.92 Å². The number of benzene rings is 3. The molecule has 0 amide bonds. The Balaban J connectivity index is 1.65. The Bertz CT molecular complexity index is 1120. The molecule has 1 heterocycles. The fraction of sp³-hybridized carbons (Fsp3) is 0.280. The lowest BCUT2D eigenvalue weighted by Crippen LogP contribution is -2.20.